The molecule has 1 saturated heterocycles. The number of likely N-dealkylation sites (tertiary alicyclic amines) is 1. The van der Waals surface area contributed by atoms with Crippen LogP contribution in [-0.2, 0) is 4.74 Å². The van der Waals surface area contributed by atoms with Crippen molar-refractivity contribution in [3.05, 3.63) is 23.9 Å². The van der Waals surface area contributed by atoms with E-state index < -0.39 is 0 Å². The molecular weight excluding hydrogens is 292 g/mol. The van der Waals surface area contributed by atoms with Crippen LogP contribution in [0.2, 0.25) is 0 Å². The topological polar surface area (TPSA) is 51.7 Å². The molecule has 5 nitrogen and oxygen atoms in total. The van der Waals surface area contributed by atoms with Crippen molar-refractivity contribution in [3.8, 4) is 5.88 Å². The van der Waals surface area contributed by atoms with Gasteiger partial charge in [-0.15, -0.1) is 0 Å². The van der Waals surface area contributed by atoms with Crippen LogP contribution in [0.1, 0.15) is 49.9 Å². The number of rotatable bonds is 4. The summed E-state index contributed by atoms with van der Waals surface area (Å²) < 4.78 is 11.1. The Bertz CT molecular complexity index is 577. The van der Waals surface area contributed by atoms with Crippen molar-refractivity contribution in [1.82, 2.24) is 9.88 Å². The van der Waals surface area contributed by atoms with Gasteiger partial charge in [-0.05, 0) is 50.2 Å². The monoisotopic (exact) mass is 318 g/mol. The average molecular weight is 318 g/mol. The molecule has 1 aromatic rings. The van der Waals surface area contributed by atoms with Gasteiger partial charge in [-0.25, -0.2) is 4.98 Å². The molecule has 0 unspecified atom stereocenters. The van der Waals surface area contributed by atoms with Crippen LogP contribution >= 0.6 is 0 Å². The Kier molecular flexibility index (Phi) is 4.57. The lowest BCUT2D eigenvalue weighted by molar-refractivity contribution is -0.00284. The molecule has 1 aliphatic heterocycles. The van der Waals surface area contributed by atoms with E-state index in [-0.39, 0.29) is 17.4 Å². The van der Waals surface area contributed by atoms with Gasteiger partial charge in [-0.3, -0.25) is 4.79 Å². The van der Waals surface area contributed by atoms with E-state index in [1.807, 2.05) is 17.9 Å². The van der Waals surface area contributed by atoms with E-state index in [1.54, 1.807) is 19.4 Å². The fourth-order valence-corrected chi connectivity index (χ4v) is 4.19. The zero-order valence-corrected chi connectivity index (χ0v) is 14.2. The van der Waals surface area contributed by atoms with Crippen molar-refractivity contribution in [2.45, 2.75) is 51.7 Å². The van der Waals surface area contributed by atoms with Crippen LogP contribution < -0.4 is 4.74 Å². The third kappa shape index (κ3) is 2.94. The predicted octanol–water partition coefficient (Wildman–Crippen LogP) is 2.90. The number of methoxy groups -OCH3 is 1. The summed E-state index contributed by atoms with van der Waals surface area (Å²) in [4.78, 5) is 19.3. The van der Waals surface area contributed by atoms with Gasteiger partial charge in [0.05, 0.1) is 12.7 Å². The highest BCUT2D eigenvalue weighted by Gasteiger charge is 2.49. The first-order chi connectivity index (χ1) is 11.1. The molecule has 1 aliphatic carbocycles. The van der Waals surface area contributed by atoms with Crippen LogP contribution in [0.4, 0.5) is 0 Å². The first-order valence-corrected chi connectivity index (χ1v) is 8.50. The molecule has 0 bridgehead atoms. The lowest BCUT2D eigenvalue weighted by atomic mass is 9.71. The molecule has 0 spiro atoms. The van der Waals surface area contributed by atoms with E-state index in [9.17, 15) is 4.79 Å². The number of aromatic nitrogens is 1. The highest BCUT2D eigenvalue weighted by atomic mass is 16.5. The second-order valence-electron chi connectivity index (χ2n) is 6.85. The highest BCUT2D eigenvalue weighted by Crippen LogP contribution is 2.47. The van der Waals surface area contributed by atoms with E-state index >= 15 is 0 Å². The quantitative estimate of drug-likeness (QED) is 0.856. The van der Waals surface area contributed by atoms with Crippen LogP contribution in [-0.4, -0.2) is 48.2 Å². The summed E-state index contributed by atoms with van der Waals surface area (Å²) in [5, 5.41) is 0. The van der Waals surface area contributed by atoms with Crippen molar-refractivity contribution in [2.24, 2.45) is 5.41 Å². The van der Waals surface area contributed by atoms with E-state index in [0.29, 0.717) is 24.2 Å². The second-order valence-corrected chi connectivity index (χ2v) is 6.85. The van der Waals surface area contributed by atoms with Gasteiger partial charge in [0.2, 0.25) is 5.88 Å². The molecule has 0 N–H and O–H groups in total. The Morgan fingerprint density at radius 3 is 3.04 bits per heavy atom. The molecule has 1 amide bonds. The fourth-order valence-electron chi connectivity index (χ4n) is 4.19. The minimum atomic E-state index is 0.0474. The maximum absolute atomic E-state index is 13.1. The maximum Gasteiger partial charge on any atom is 0.259 e. The standard InChI is InChI=1S/C18H26N2O3/c1-4-23-16-14(6-5-10-19-16)17(21)20-11-9-18(2)12-13(22-3)7-8-15(18)20/h5-6,10,13,15H,4,7-9,11-12H2,1-3H3/t13-,15-,18+/m1/s1. The zero-order valence-electron chi connectivity index (χ0n) is 14.2. The van der Waals surface area contributed by atoms with Gasteiger partial charge >= 0.3 is 0 Å². The molecule has 126 valence electrons. The van der Waals surface area contributed by atoms with Crippen molar-refractivity contribution < 1.29 is 14.3 Å². The number of carbonyl (C=O) groups excluding carboxylic acids is 1. The van der Waals surface area contributed by atoms with Crippen molar-refractivity contribution in [1.29, 1.82) is 0 Å². The maximum atomic E-state index is 13.1. The normalized spacial score (nSPS) is 30.1. The van der Waals surface area contributed by atoms with Gasteiger partial charge in [-0.2, -0.15) is 0 Å². The smallest absolute Gasteiger partial charge is 0.259 e. The highest BCUT2D eigenvalue weighted by molar-refractivity contribution is 5.96. The minimum absolute atomic E-state index is 0.0474. The van der Waals surface area contributed by atoms with E-state index in [0.717, 1.165) is 32.2 Å². The summed E-state index contributed by atoms with van der Waals surface area (Å²) in [6.45, 7) is 5.51. The molecule has 1 saturated carbocycles. The van der Waals surface area contributed by atoms with Gasteiger partial charge in [0, 0.05) is 25.9 Å². The number of ether oxygens (including phenoxy) is 2. The molecule has 3 atom stereocenters. The number of carbonyl (C=O) groups is 1. The van der Waals surface area contributed by atoms with Gasteiger partial charge in [0.15, 0.2) is 0 Å². The Morgan fingerprint density at radius 2 is 2.30 bits per heavy atom. The van der Waals surface area contributed by atoms with E-state index in [1.165, 1.54) is 0 Å². The minimum Gasteiger partial charge on any atom is -0.477 e. The van der Waals surface area contributed by atoms with Crippen LogP contribution in [0, 0.1) is 5.41 Å². The Hall–Kier alpha value is -1.62. The third-order valence-corrected chi connectivity index (χ3v) is 5.44. The summed E-state index contributed by atoms with van der Waals surface area (Å²) in [5.74, 6) is 0.491. The third-order valence-electron chi connectivity index (χ3n) is 5.44. The molecule has 1 aromatic heterocycles. The SMILES string of the molecule is CCOc1ncccc1C(=O)N1CC[C@@]2(C)C[C@H](OC)CC[C@@H]12. The second kappa shape index (κ2) is 6.48. The molecule has 3 rings (SSSR count). The Balaban J connectivity index is 1.82. The van der Waals surface area contributed by atoms with E-state index in [4.69, 9.17) is 9.47 Å². The molecule has 2 aliphatic rings. The van der Waals surface area contributed by atoms with Crippen LogP contribution in [0.25, 0.3) is 0 Å². The van der Waals surface area contributed by atoms with Crippen molar-refractivity contribution in [3.63, 3.8) is 0 Å². The number of hydrogen-bond donors (Lipinski definition) is 0. The van der Waals surface area contributed by atoms with Crippen LogP contribution in [0.5, 0.6) is 5.88 Å². The summed E-state index contributed by atoms with van der Waals surface area (Å²) >= 11 is 0. The summed E-state index contributed by atoms with van der Waals surface area (Å²) in [7, 11) is 1.79. The molecule has 5 heteroatoms. The largest absolute Gasteiger partial charge is 0.477 e. The van der Waals surface area contributed by atoms with Crippen molar-refractivity contribution >= 4 is 5.91 Å². The number of hydrogen-bond acceptors (Lipinski definition) is 4. The lowest BCUT2D eigenvalue weighted by Gasteiger charge is -2.42. The molecule has 2 fully saturated rings. The molecular formula is C18H26N2O3. The summed E-state index contributed by atoms with van der Waals surface area (Å²) in [5.41, 5.74) is 0.732. The molecule has 2 heterocycles. The first kappa shape index (κ1) is 16.2. The molecule has 0 aromatic carbocycles. The molecule has 23 heavy (non-hydrogen) atoms. The number of amides is 1. The van der Waals surface area contributed by atoms with Crippen LogP contribution in [0.3, 0.4) is 0 Å². The summed E-state index contributed by atoms with van der Waals surface area (Å²) in [6, 6.07) is 3.90. The zero-order chi connectivity index (χ0) is 16.4. The van der Waals surface area contributed by atoms with Gasteiger partial charge in [0.1, 0.15) is 5.56 Å². The Morgan fingerprint density at radius 1 is 1.48 bits per heavy atom. The fraction of sp³-hybridized carbons (Fsp3) is 0.667. The average Bonchev–Trinajstić information content (AvgIpc) is 2.91. The van der Waals surface area contributed by atoms with Gasteiger partial charge < -0.3 is 14.4 Å². The molecule has 0 radical (unpaired) electrons. The number of nitrogens with zero attached hydrogens (tertiary/aromatic N) is 2. The van der Waals surface area contributed by atoms with E-state index in [2.05, 4.69) is 11.9 Å². The predicted molar refractivity (Wildman–Crippen MR) is 87.6 cm³/mol. The number of pyridine rings is 1. The van der Waals surface area contributed by atoms with Crippen molar-refractivity contribution in [2.75, 3.05) is 20.3 Å². The summed E-state index contributed by atoms with van der Waals surface area (Å²) in [6.07, 6.45) is 6.08. The van der Waals surface area contributed by atoms with Gasteiger partial charge in [0.25, 0.3) is 5.91 Å². The van der Waals surface area contributed by atoms with Crippen LogP contribution in [0.15, 0.2) is 18.3 Å². The Labute approximate surface area is 138 Å². The lowest BCUT2D eigenvalue weighted by Crippen LogP contribution is -2.46. The van der Waals surface area contributed by atoms with Gasteiger partial charge in [-0.1, -0.05) is 6.92 Å². The first-order valence-electron chi connectivity index (χ1n) is 8.50. The number of fused-ring (bicyclic) bond motifs is 1.